The lowest BCUT2D eigenvalue weighted by atomic mass is 10.1. The van der Waals surface area contributed by atoms with Crippen LogP contribution < -0.4 is 20.7 Å². The molecule has 0 aliphatic carbocycles. The van der Waals surface area contributed by atoms with Gasteiger partial charge < -0.3 is 20.1 Å². The number of carbonyl (C=O) groups is 2. The molecular weight excluding hydrogens is 450 g/mol. The Morgan fingerprint density at radius 3 is 2.12 bits per heavy atom. The highest BCUT2D eigenvalue weighted by atomic mass is 32.1. The molecule has 0 aliphatic rings. The summed E-state index contributed by atoms with van der Waals surface area (Å²) in [6.07, 6.45) is 0. The van der Waals surface area contributed by atoms with E-state index >= 15 is 0 Å². The predicted molar refractivity (Wildman–Crippen MR) is 138 cm³/mol. The minimum Gasteiger partial charge on any atom is -0.491 e. The van der Waals surface area contributed by atoms with Gasteiger partial charge in [-0.05, 0) is 86.2 Å². The maximum atomic E-state index is 12.4. The fourth-order valence-corrected chi connectivity index (χ4v) is 3.28. The number of aryl methyl sites for hydroxylation is 1. The first-order valence-electron chi connectivity index (χ1n) is 10.9. The maximum absolute atomic E-state index is 12.4. The summed E-state index contributed by atoms with van der Waals surface area (Å²) < 4.78 is 10.8. The Labute approximate surface area is 204 Å². The van der Waals surface area contributed by atoms with Crippen molar-refractivity contribution in [2.45, 2.75) is 13.8 Å². The minimum atomic E-state index is -0.333. The summed E-state index contributed by atoms with van der Waals surface area (Å²) in [6.45, 7) is 5.42. The van der Waals surface area contributed by atoms with Crippen LogP contribution in [0.3, 0.4) is 0 Å². The summed E-state index contributed by atoms with van der Waals surface area (Å²) >= 11 is 5.25. The van der Waals surface area contributed by atoms with Gasteiger partial charge in [0.1, 0.15) is 12.4 Å². The van der Waals surface area contributed by atoms with E-state index in [0.717, 1.165) is 5.56 Å². The number of rotatable bonds is 9. The predicted octanol–water partition coefficient (Wildman–Crippen LogP) is 4.79. The summed E-state index contributed by atoms with van der Waals surface area (Å²) in [4.78, 5) is 24.9. The standard InChI is InChI=1S/C26H27N3O4S/c1-3-32-16-17-33-22-14-8-19(9-15-22)24(30)29-26(34)28-21-12-10-20(11-13-21)27-25(31)23-7-5-4-6-18(23)2/h4-15H,3,16-17H2,1-2H3,(H,27,31)(H2,28,29,30,34). The van der Waals surface area contributed by atoms with Crippen molar-refractivity contribution < 1.29 is 19.1 Å². The number of amides is 2. The van der Waals surface area contributed by atoms with E-state index in [-0.39, 0.29) is 16.9 Å². The first-order chi connectivity index (χ1) is 16.5. The molecule has 2 amide bonds. The van der Waals surface area contributed by atoms with Gasteiger partial charge in [0.05, 0.1) is 6.61 Å². The molecule has 8 heteroatoms. The zero-order valence-corrected chi connectivity index (χ0v) is 19.9. The van der Waals surface area contributed by atoms with E-state index in [2.05, 4.69) is 16.0 Å². The van der Waals surface area contributed by atoms with Gasteiger partial charge in [0, 0.05) is 29.1 Å². The second-order valence-electron chi connectivity index (χ2n) is 7.32. The molecule has 3 N–H and O–H groups in total. The Hall–Kier alpha value is -3.75. The quantitative estimate of drug-likeness (QED) is 0.303. The molecule has 0 spiro atoms. The Bertz CT molecular complexity index is 1130. The monoisotopic (exact) mass is 477 g/mol. The molecule has 34 heavy (non-hydrogen) atoms. The number of ether oxygens (including phenoxy) is 2. The number of thiocarbonyl (C=S) groups is 1. The van der Waals surface area contributed by atoms with Crippen LogP contribution >= 0.6 is 12.2 Å². The zero-order chi connectivity index (χ0) is 24.3. The third kappa shape index (κ3) is 7.40. The molecule has 0 saturated carbocycles. The van der Waals surface area contributed by atoms with Crippen molar-refractivity contribution in [1.29, 1.82) is 0 Å². The lowest BCUT2D eigenvalue weighted by molar-refractivity contribution is 0.0975. The van der Waals surface area contributed by atoms with E-state index < -0.39 is 0 Å². The topological polar surface area (TPSA) is 88.7 Å². The van der Waals surface area contributed by atoms with Crippen LogP contribution in [0.4, 0.5) is 11.4 Å². The molecule has 0 aromatic heterocycles. The first-order valence-corrected chi connectivity index (χ1v) is 11.3. The van der Waals surface area contributed by atoms with Gasteiger partial charge in [0.15, 0.2) is 5.11 Å². The largest absolute Gasteiger partial charge is 0.491 e. The summed E-state index contributed by atoms with van der Waals surface area (Å²) in [5, 5.41) is 8.65. The highest BCUT2D eigenvalue weighted by molar-refractivity contribution is 7.80. The third-order valence-corrected chi connectivity index (χ3v) is 5.04. The molecule has 0 aliphatic heterocycles. The van der Waals surface area contributed by atoms with E-state index in [1.54, 1.807) is 54.6 Å². The number of nitrogens with one attached hydrogen (secondary N) is 3. The van der Waals surface area contributed by atoms with E-state index in [9.17, 15) is 9.59 Å². The molecule has 0 radical (unpaired) electrons. The lowest BCUT2D eigenvalue weighted by Crippen LogP contribution is -2.34. The SMILES string of the molecule is CCOCCOc1ccc(C(=O)NC(=S)Nc2ccc(NC(=O)c3ccccc3C)cc2)cc1. The van der Waals surface area contributed by atoms with E-state index in [4.69, 9.17) is 21.7 Å². The molecule has 3 rings (SSSR count). The third-order valence-electron chi connectivity index (χ3n) is 4.83. The minimum absolute atomic E-state index is 0.165. The Kier molecular flexibility index (Phi) is 9.13. The van der Waals surface area contributed by atoms with Crippen molar-refractivity contribution in [2.24, 2.45) is 0 Å². The fraction of sp³-hybridized carbons (Fsp3) is 0.192. The van der Waals surface area contributed by atoms with E-state index in [1.807, 2.05) is 32.0 Å². The van der Waals surface area contributed by atoms with Crippen molar-refractivity contribution in [3.63, 3.8) is 0 Å². The number of benzene rings is 3. The Morgan fingerprint density at radius 2 is 1.47 bits per heavy atom. The summed E-state index contributed by atoms with van der Waals surface area (Å²) in [6, 6.07) is 21.2. The normalized spacial score (nSPS) is 10.3. The van der Waals surface area contributed by atoms with Gasteiger partial charge in [0.25, 0.3) is 11.8 Å². The fourth-order valence-electron chi connectivity index (χ4n) is 3.07. The molecule has 3 aromatic rings. The van der Waals surface area contributed by atoms with Crippen LogP contribution in [0.2, 0.25) is 0 Å². The molecule has 3 aromatic carbocycles. The van der Waals surface area contributed by atoms with Crippen molar-refractivity contribution in [1.82, 2.24) is 5.32 Å². The molecule has 7 nitrogen and oxygen atoms in total. The molecule has 0 heterocycles. The van der Waals surface area contributed by atoms with Crippen LogP contribution in [0.1, 0.15) is 33.2 Å². The van der Waals surface area contributed by atoms with Gasteiger partial charge in [-0.1, -0.05) is 18.2 Å². The number of hydrogen-bond donors (Lipinski definition) is 3. The molecule has 0 atom stereocenters. The Balaban J connectivity index is 1.48. The van der Waals surface area contributed by atoms with Crippen LogP contribution in [-0.4, -0.2) is 36.7 Å². The van der Waals surface area contributed by atoms with Crippen LogP contribution in [0, 0.1) is 6.92 Å². The molecule has 0 saturated heterocycles. The number of anilines is 2. The average Bonchev–Trinajstić information content (AvgIpc) is 2.83. The highest BCUT2D eigenvalue weighted by Gasteiger charge is 2.10. The number of hydrogen-bond acceptors (Lipinski definition) is 5. The number of carbonyl (C=O) groups excluding carboxylic acids is 2. The molecule has 176 valence electrons. The molecule has 0 unspecified atom stereocenters. The van der Waals surface area contributed by atoms with Gasteiger partial charge in [-0.15, -0.1) is 0 Å². The molecular formula is C26H27N3O4S. The van der Waals surface area contributed by atoms with Gasteiger partial charge in [-0.2, -0.15) is 0 Å². The lowest BCUT2D eigenvalue weighted by Gasteiger charge is -2.12. The summed E-state index contributed by atoms with van der Waals surface area (Å²) in [7, 11) is 0. The van der Waals surface area contributed by atoms with Crippen molar-refractivity contribution in [3.8, 4) is 5.75 Å². The van der Waals surface area contributed by atoms with Gasteiger partial charge in [0.2, 0.25) is 0 Å². The maximum Gasteiger partial charge on any atom is 0.257 e. The van der Waals surface area contributed by atoms with Crippen LogP contribution in [0.5, 0.6) is 5.75 Å². The van der Waals surface area contributed by atoms with Crippen LogP contribution in [0.25, 0.3) is 0 Å². The van der Waals surface area contributed by atoms with Crippen molar-refractivity contribution in [2.75, 3.05) is 30.5 Å². The zero-order valence-electron chi connectivity index (χ0n) is 19.1. The second-order valence-corrected chi connectivity index (χ2v) is 7.73. The Morgan fingerprint density at radius 1 is 0.824 bits per heavy atom. The van der Waals surface area contributed by atoms with Gasteiger partial charge >= 0.3 is 0 Å². The molecule has 0 fully saturated rings. The summed E-state index contributed by atoms with van der Waals surface area (Å²) in [5.41, 5.74) is 3.31. The van der Waals surface area contributed by atoms with Gasteiger partial charge in [-0.25, -0.2) is 0 Å². The first kappa shape index (κ1) is 24.9. The van der Waals surface area contributed by atoms with E-state index in [1.165, 1.54) is 0 Å². The highest BCUT2D eigenvalue weighted by Crippen LogP contribution is 2.16. The summed E-state index contributed by atoms with van der Waals surface area (Å²) in [5.74, 6) is 0.152. The van der Waals surface area contributed by atoms with Gasteiger partial charge in [-0.3, -0.25) is 14.9 Å². The van der Waals surface area contributed by atoms with Crippen molar-refractivity contribution >= 4 is 40.5 Å². The average molecular weight is 478 g/mol. The van der Waals surface area contributed by atoms with Crippen molar-refractivity contribution in [3.05, 3.63) is 89.5 Å². The molecule has 0 bridgehead atoms. The van der Waals surface area contributed by atoms with Crippen LogP contribution in [0.15, 0.2) is 72.8 Å². The van der Waals surface area contributed by atoms with E-state index in [0.29, 0.717) is 48.1 Å². The smallest absolute Gasteiger partial charge is 0.257 e. The van der Waals surface area contributed by atoms with Crippen LogP contribution in [-0.2, 0) is 4.74 Å². The second kappa shape index (κ2) is 12.5.